The predicted octanol–water partition coefficient (Wildman–Crippen LogP) is 5.57. The van der Waals surface area contributed by atoms with E-state index < -0.39 is 11.7 Å². The fourth-order valence-electron chi connectivity index (χ4n) is 3.76. The molecule has 5 nitrogen and oxygen atoms in total. The van der Waals surface area contributed by atoms with Crippen LogP contribution in [-0.4, -0.2) is 21.7 Å². The summed E-state index contributed by atoms with van der Waals surface area (Å²) >= 11 is 0. The highest BCUT2D eigenvalue weighted by atomic mass is 16.2. The summed E-state index contributed by atoms with van der Waals surface area (Å²) in [5, 5.41) is 2.72. The van der Waals surface area contributed by atoms with E-state index in [-0.39, 0.29) is 11.8 Å². The van der Waals surface area contributed by atoms with Gasteiger partial charge < -0.3 is 10.3 Å². The molecule has 3 aromatic carbocycles. The van der Waals surface area contributed by atoms with Crippen LogP contribution in [0.5, 0.6) is 0 Å². The standard InChI is InChI=1S/C27H27N3O2/c1-27(2,3)17-18-12-14-20(15-13-18)28-26(32)24(31)16-19-8-4-5-9-21(19)25-29-22-10-6-7-11-23(22)30-25/h4-15H,16-17H2,1-3H3,(H,28,32)(H,29,30). The van der Waals surface area contributed by atoms with E-state index >= 15 is 0 Å². The second kappa shape index (κ2) is 8.79. The van der Waals surface area contributed by atoms with Crippen molar-refractivity contribution in [1.82, 2.24) is 9.97 Å². The SMILES string of the molecule is CC(C)(C)Cc1ccc(NC(=O)C(=O)Cc2ccccc2-c2nc3ccccc3[nH]2)cc1. The molecular formula is C27H27N3O2. The van der Waals surface area contributed by atoms with Crippen molar-refractivity contribution in [3.05, 3.63) is 83.9 Å². The van der Waals surface area contributed by atoms with Crippen molar-refractivity contribution in [2.24, 2.45) is 5.41 Å². The number of nitrogens with zero attached hydrogens (tertiary/aromatic N) is 1. The van der Waals surface area contributed by atoms with Crippen LogP contribution >= 0.6 is 0 Å². The first-order chi connectivity index (χ1) is 15.3. The highest BCUT2D eigenvalue weighted by molar-refractivity contribution is 6.41. The number of aromatic amines is 1. The second-order valence-electron chi connectivity index (χ2n) is 9.25. The number of imidazole rings is 1. The number of hydrogen-bond donors (Lipinski definition) is 2. The average Bonchev–Trinajstić information content (AvgIpc) is 3.18. The smallest absolute Gasteiger partial charge is 0.292 e. The van der Waals surface area contributed by atoms with Crippen molar-refractivity contribution in [2.75, 3.05) is 5.32 Å². The molecule has 0 aliphatic rings. The lowest BCUT2D eigenvalue weighted by Gasteiger charge is -2.18. The Bertz CT molecular complexity index is 1230. The highest BCUT2D eigenvalue weighted by Gasteiger charge is 2.18. The quantitative estimate of drug-likeness (QED) is 0.397. The highest BCUT2D eigenvalue weighted by Crippen LogP contribution is 2.25. The van der Waals surface area contributed by atoms with Gasteiger partial charge in [-0.1, -0.05) is 69.3 Å². The Morgan fingerprint density at radius 1 is 0.906 bits per heavy atom. The molecule has 0 radical (unpaired) electrons. The number of carbonyl (C=O) groups excluding carboxylic acids is 2. The van der Waals surface area contributed by atoms with E-state index in [9.17, 15) is 9.59 Å². The van der Waals surface area contributed by atoms with Crippen molar-refractivity contribution in [3.63, 3.8) is 0 Å². The van der Waals surface area contributed by atoms with E-state index in [1.54, 1.807) is 0 Å². The molecule has 0 spiro atoms. The zero-order valence-electron chi connectivity index (χ0n) is 18.6. The number of nitrogens with one attached hydrogen (secondary N) is 2. The first-order valence-corrected chi connectivity index (χ1v) is 10.7. The van der Waals surface area contributed by atoms with Crippen molar-refractivity contribution in [2.45, 2.75) is 33.6 Å². The minimum atomic E-state index is -0.618. The van der Waals surface area contributed by atoms with E-state index in [1.807, 2.05) is 72.8 Å². The summed E-state index contributed by atoms with van der Waals surface area (Å²) in [6.45, 7) is 6.56. The van der Waals surface area contributed by atoms with E-state index in [2.05, 4.69) is 36.1 Å². The van der Waals surface area contributed by atoms with Gasteiger partial charge in [0.1, 0.15) is 5.82 Å². The van der Waals surface area contributed by atoms with Crippen LogP contribution in [-0.2, 0) is 22.4 Å². The number of ketones is 1. The molecule has 4 aromatic rings. The molecule has 0 atom stereocenters. The maximum atomic E-state index is 12.7. The fraction of sp³-hybridized carbons (Fsp3) is 0.222. The summed E-state index contributed by atoms with van der Waals surface area (Å²) in [4.78, 5) is 33.1. The zero-order valence-corrected chi connectivity index (χ0v) is 18.6. The normalized spacial score (nSPS) is 11.5. The molecule has 0 saturated carbocycles. The summed E-state index contributed by atoms with van der Waals surface area (Å²) in [5.74, 6) is -0.426. The Balaban J connectivity index is 1.47. The lowest BCUT2D eigenvalue weighted by Crippen LogP contribution is -2.24. The molecule has 0 unspecified atom stereocenters. The summed E-state index contributed by atoms with van der Waals surface area (Å²) in [6.07, 6.45) is 0.944. The van der Waals surface area contributed by atoms with Gasteiger partial charge in [-0.05, 0) is 47.2 Å². The molecule has 2 N–H and O–H groups in total. The van der Waals surface area contributed by atoms with Gasteiger partial charge in [0.05, 0.1) is 11.0 Å². The molecule has 1 heterocycles. The van der Waals surface area contributed by atoms with Gasteiger partial charge in [0, 0.05) is 17.7 Å². The Hall–Kier alpha value is -3.73. The monoisotopic (exact) mass is 425 g/mol. The first kappa shape index (κ1) is 21.5. The molecule has 0 fully saturated rings. The van der Waals surface area contributed by atoms with Crippen molar-refractivity contribution < 1.29 is 9.59 Å². The van der Waals surface area contributed by atoms with E-state index in [1.165, 1.54) is 5.56 Å². The second-order valence-corrected chi connectivity index (χ2v) is 9.25. The van der Waals surface area contributed by atoms with Crippen LogP contribution in [0.25, 0.3) is 22.4 Å². The number of rotatable bonds is 6. The summed E-state index contributed by atoms with van der Waals surface area (Å²) in [7, 11) is 0. The maximum absolute atomic E-state index is 12.7. The minimum absolute atomic E-state index is 0.00115. The number of para-hydroxylation sites is 2. The van der Waals surface area contributed by atoms with Gasteiger partial charge in [-0.2, -0.15) is 0 Å². The number of aromatic nitrogens is 2. The molecule has 162 valence electrons. The van der Waals surface area contributed by atoms with E-state index in [0.29, 0.717) is 11.5 Å². The molecule has 32 heavy (non-hydrogen) atoms. The van der Waals surface area contributed by atoms with E-state index in [4.69, 9.17) is 0 Å². The van der Waals surface area contributed by atoms with Crippen LogP contribution in [0, 0.1) is 5.41 Å². The maximum Gasteiger partial charge on any atom is 0.292 e. The Labute approximate surface area is 187 Å². The molecule has 5 heteroatoms. The van der Waals surface area contributed by atoms with Gasteiger partial charge in [-0.3, -0.25) is 9.59 Å². The number of fused-ring (bicyclic) bond motifs is 1. The number of amides is 1. The molecule has 1 amide bonds. The lowest BCUT2D eigenvalue weighted by atomic mass is 9.88. The van der Waals surface area contributed by atoms with Crippen molar-refractivity contribution >= 4 is 28.4 Å². The summed E-state index contributed by atoms with van der Waals surface area (Å²) < 4.78 is 0. The van der Waals surface area contributed by atoms with Gasteiger partial charge in [-0.25, -0.2) is 4.98 Å². The molecule has 1 aromatic heterocycles. The average molecular weight is 426 g/mol. The molecule has 0 aliphatic carbocycles. The van der Waals surface area contributed by atoms with Crippen molar-refractivity contribution in [1.29, 1.82) is 0 Å². The van der Waals surface area contributed by atoms with Crippen molar-refractivity contribution in [3.8, 4) is 11.4 Å². The number of Topliss-reactive ketones (excluding diaryl/α,β-unsaturated/α-hetero) is 1. The molecule has 0 aliphatic heterocycles. The van der Waals surface area contributed by atoms with Gasteiger partial charge in [-0.15, -0.1) is 0 Å². The number of anilines is 1. The minimum Gasteiger partial charge on any atom is -0.338 e. The van der Waals surface area contributed by atoms with Gasteiger partial charge in [0.15, 0.2) is 0 Å². The number of carbonyl (C=O) groups is 2. The topological polar surface area (TPSA) is 74.8 Å². The largest absolute Gasteiger partial charge is 0.338 e. The Morgan fingerprint density at radius 3 is 2.31 bits per heavy atom. The molecule has 0 saturated heterocycles. The van der Waals surface area contributed by atoms with Crippen LogP contribution in [0.3, 0.4) is 0 Å². The first-order valence-electron chi connectivity index (χ1n) is 10.7. The van der Waals surface area contributed by atoms with Crippen LogP contribution < -0.4 is 5.32 Å². The van der Waals surface area contributed by atoms with Crippen LogP contribution in [0.15, 0.2) is 72.8 Å². The van der Waals surface area contributed by atoms with Gasteiger partial charge >= 0.3 is 0 Å². The number of H-pyrrole nitrogens is 1. The van der Waals surface area contributed by atoms with Crippen LogP contribution in [0.1, 0.15) is 31.9 Å². The molecule has 0 bridgehead atoms. The lowest BCUT2D eigenvalue weighted by molar-refractivity contribution is -0.134. The third-order valence-electron chi connectivity index (χ3n) is 5.21. The summed E-state index contributed by atoms with van der Waals surface area (Å²) in [6, 6.07) is 23.0. The number of hydrogen-bond acceptors (Lipinski definition) is 3. The molecule has 4 rings (SSSR count). The fourth-order valence-corrected chi connectivity index (χ4v) is 3.76. The van der Waals surface area contributed by atoms with E-state index in [0.717, 1.165) is 28.6 Å². The number of benzene rings is 3. The van der Waals surface area contributed by atoms with Crippen LogP contribution in [0.2, 0.25) is 0 Å². The molecular weight excluding hydrogens is 398 g/mol. The Kier molecular flexibility index (Phi) is 5.91. The third kappa shape index (κ3) is 5.11. The zero-order chi connectivity index (χ0) is 22.7. The predicted molar refractivity (Wildman–Crippen MR) is 128 cm³/mol. The summed E-state index contributed by atoms with van der Waals surface area (Å²) in [5.41, 5.74) is 5.36. The third-order valence-corrected chi connectivity index (χ3v) is 5.21. The van der Waals surface area contributed by atoms with Gasteiger partial charge in [0.25, 0.3) is 5.91 Å². The Morgan fingerprint density at radius 2 is 1.59 bits per heavy atom. The van der Waals surface area contributed by atoms with Crippen LogP contribution in [0.4, 0.5) is 5.69 Å². The van der Waals surface area contributed by atoms with Gasteiger partial charge in [0.2, 0.25) is 5.78 Å².